The molecule has 1 nitrogen and oxygen atoms in total. The summed E-state index contributed by atoms with van der Waals surface area (Å²) in [7, 11) is 0. The van der Waals surface area contributed by atoms with Crippen LogP contribution >= 0.6 is 0 Å². The summed E-state index contributed by atoms with van der Waals surface area (Å²) in [4.78, 5) is 0. The minimum absolute atomic E-state index is 0.336. The fourth-order valence-corrected chi connectivity index (χ4v) is 1.32. The van der Waals surface area contributed by atoms with Crippen molar-refractivity contribution in [2.24, 2.45) is 5.92 Å². The van der Waals surface area contributed by atoms with E-state index in [1.54, 1.807) is 0 Å². The topological polar surface area (TPSA) is 20.2 Å². The van der Waals surface area contributed by atoms with Crippen molar-refractivity contribution in [2.75, 3.05) is 6.61 Å². The average molecular weight is 126 g/mol. The summed E-state index contributed by atoms with van der Waals surface area (Å²) in [5.41, 5.74) is 1.38. The highest BCUT2D eigenvalue weighted by Gasteiger charge is 2.11. The maximum Gasteiger partial charge on any atom is 0.0496 e. The Balaban J connectivity index is 2.50. The van der Waals surface area contributed by atoms with Crippen LogP contribution in [0.5, 0.6) is 0 Å². The molecule has 0 fully saturated rings. The molecule has 0 aromatic rings. The van der Waals surface area contributed by atoms with E-state index in [9.17, 15) is 0 Å². The molecule has 1 unspecified atom stereocenters. The molecule has 1 atom stereocenters. The molecule has 52 valence electrons. The van der Waals surface area contributed by atoms with E-state index in [1.807, 2.05) is 0 Å². The zero-order valence-corrected chi connectivity index (χ0v) is 5.93. The van der Waals surface area contributed by atoms with Gasteiger partial charge >= 0.3 is 0 Å². The minimum Gasteiger partial charge on any atom is -0.396 e. The second-order valence-corrected chi connectivity index (χ2v) is 2.76. The zero-order valence-electron chi connectivity index (χ0n) is 5.93. The van der Waals surface area contributed by atoms with Crippen molar-refractivity contribution < 1.29 is 5.11 Å². The summed E-state index contributed by atoms with van der Waals surface area (Å²) in [6, 6.07) is 0. The van der Waals surface area contributed by atoms with Gasteiger partial charge in [-0.1, -0.05) is 11.6 Å². The van der Waals surface area contributed by atoms with E-state index in [1.165, 1.54) is 24.8 Å². The third kappa shape index (κ3) is 1.55. The Morgan fingerprint density at radius 3 is 3.00 bits per heavy atom. The van der Waals surface area contributed by atoms with Gasteiger partial charge in [0.1, 0.15) is 0 Å². The lowest BCUT2D eigenvalue weighted by atomic mass is 9.90. The third-order valence-electron chi connectivity index (χ3n) is 2.09. The molecule has 0 aromatic carbocycles. The number of allylic oxidation sites excluding steroid dienone is 1. The van der Waals surface area contributed by atoms with Crippen LogP contribution in [-0.2, 0) is 0 Å². The van der Waals surface area contributed by atoms with E-state index >= 15 is 0 Å². The predicted molar refractivity (Wildman–Crippen MR) is 38.2 cm³/mol. The number of hydrogen-bond acceptors (Lipinski definition) is 1. The van der Waals surface area contributed by atoms with Crippen molar-refractivity contribution in [3.63, 3.8) is 0 Å². The largest absolute Gasteiger partial charge is 0.396 e. The highest BCUT2D eigenvalue weighted by molar-refractivity contribution is 5.06. The molecule has 0 bridgehead atoms. The Morgan fingerprint density at radius 2 is 2.56 bits per heavy atom. The minimum atomic E-state index is 0.336. The summed E-state index contributed by atoms with van der Waals surface area (Å²) in [6.45, 7) is 2.45. The van der Waals surface area contributed by atoms with Gasteiger partial charge in [0.05, 0.1) is 0 Å². The molecule has 0 spiro atoms. The van der Waals surface area contributed by atoms with E-state index < -0.39 is 0 Å². The molecule has 1 rings (SSSR count). The molecule has 9 heavy (non-hydrogen) atoms. The van der Waals surface area contributed by atoms with Gasteiger partial charge in [-0.15, -0.1) is 0 Å². The first-order valence-electron chi connectivity index (χ1n) is 3.62. The Kier molecular flexibility index (Phi) is 2.29. The van der Waals surface area contributed by atoms with E-state index in [4.69, 9.17) is 5.11 Å². The SMILES string of the molecule is CC1=CCCCC1CO. The number of rotatable bonds is 1. The molecule has 0 radical (unpaired) electrons. The second-order valence-electron chi connectivity index (χ2n) is 2.76. The van der Waals surface area contributed by atoms with Gasteiger partial charge in [-0.25, -0.2) is 0 Å². The summed E-state index contributed by atoms with van der Waals surface area (Å²) in [5, 5.41) is 8.82. The molecule has 0 saturated heterocycles. The smallest absolute Gasteiger partial charge is 0.0496 e. The monoisotopic (exact) mass is 126 g/mol. The third-order valence-corrected chi connectivity index (χ3v) is 2.09. The van der Waals surface area contributed by atoms with Gasteiger partial charge in [-0.3, -0.25) is 0 Å². The summed E-state index contributed by atoms with van der Waals surface area (Å²) in [5.74, 6) is 0.471. The van der Waals surface area contributed by atoms with Crippen LogP contribution in [-0.4, -0.2) is 11.7 Å². The van der Waals surface area contributed by atoms with Gasteiger partial charge < -0.3 is 5.11 Å². The van der Waals surface area contributed by atoms with Crippen molar-refractivity contribution in [2.45, 2.75) is 26.2 Å². The lowest BCUT2D eigenvalue weighted by molar-refractivity contribution is 0.233. The van der Waals surface area contributed by atoms with E-state index in [0.717, 1.165) is 0 Å². The summed E-state index contributed by atoms with van der Waals surface area (Å²) in [6.07, 6.45) is 5.88. The van der Waals surface area contributed by atoms with Crippen molar-refractivity contribution in [3.05, 3.63) is 11.6 Å². The summed E-state index contributed by atoms with van der Waals surface area (Å²) >= 11 is 0. The molecule has 1 aliphatic carbocycles. The lowest BCUT2D eigenvalue weighted by Gasteiger charge is -2.18. The van der Waals surface area contributed by atoms with Crippen LogP contribution in [0.25, 0.3) is 0 Å². The molecule has 0 amide bonds. The van der Waals surface area contributed by atoms with Crippen LogP contribution in [0.15, 0.2) is 11.6 Å². The van der Waals surface area contributed by atoms with Gasteiger partial charge in [0, 0.05) is 12.5 Å². The standard InChI is InChI=1S/C8H14O/c1-7-4-2-3-5-8(7)6-9/h4,8-9H,2-3,5-6H2,1H3. The van der Waals surface area contributed by atoms with Crippen LogP contribution in [0, 0.1) is 5.92 Å². The normalized spacial score (nSPS) is 27.8. The van der Waals surface area contributed by atoms with Crippen molar-refractivity contribution >= 4 is 0 Å². The Bertz CT molecular complexity index is 116. The predicted octanol–water partition coefficient (Wildman–Crippen LogP) is 1.73. The van der Waals surface area contributed by atoms with Crippen molar-refractivity contribution in [1.82, 2.24) is 0 Å². The first-order chi connectivity index (χ1) is 4.34. The maximum atomic E-state index is 8.82. The molecule has 0 aromatic heterocycles. The van der Waals surface area contributed by atoms with Crippen molar-refractivity contribution in [3.8, 4) is 0 Å². The van der Waals surface area contributed by atoms with Crippen LogP contribution < -0.4 is 0 Å². The molecule has 1 heteroatoms. The van der Waals surface area contributed by atoms with E-state index in [-0.39, 0.29) is 0 Å². The molecule has 0 aliphatic heterocycles. The highest BCUT2D eigenvalue weighted by Crippen LogP contribution is 2.23. The van der Waals surface area contributed by atoms with Crippen molar-refractivity contribution in [1.29, 1.82) is 0 Å². The van der Waals surface area contributed by atoms with Crippen LogP contribution in [0.4, 0.5) is 0 Å². The van der Waals surface area contributed by atoms with Gasteiger partial charge in [-0.2, -0.15) is 0 Å². The molecule has 1 aliphatic rings. The van der Waals surface area contributed by atoms with Gasteiger partial charge in [0.2, 0.25) is 0 Å². The number of hydrogen-bond donors (Lipinski definition) is 1. The zero-order chi connectivity index (χ0) is 6.69. The maximum absolute atomic E-state index is 8.82. The van der Waals surface area contributed by atoms with Gasteiger partial charge in [0.25, 0.3) is 0 Å². The van der Waals surface area contributed by atoms with E-state index in [2.05, 4.69) is 13.0 Å². The number of aliphatic hydroxyl groups excluding tert-OH is 1. The molecule has 1 N–H and O–H groups in total. The lowest BCUT2D eigenvalue weighted by Crippen LogP contribution is -2.10. The highest BCUT2D eigenvalue weighted by atomic mass is 16.3. The Labute approximate surface area is 56.4 Å². The number of aliphatic hydroxyl groups is 1. The molecule has 0 saturated carbocycles. The second kappa shape index (κ2) is 3.02. The molecular weight excluding hydrogens is 112 g/mol. The first kappa shape index (κ1) is 6.81. The van der Waals surface area contributed by atoms with Crippen LogP contribution in [0.2, 0.25) is 0 Å². The molecular formula is C8H14O. The van der Waals surface area contributed by atoms with Crippen LogP contribution in [0.1, 0.15) is 26.2 Å². The van der Waals surface area contributed by atoms with Gasteiger partial charge in [0.15, 0.2) is 0 Å². The fourth-order valence-electron chi connectivity index (χ4n) is 1.32. The quantitative estimate of drug-likeness (QED) is 0.530. The van der Waals surface area contributed by atoms with E-state index in [0.29, 0.717) is 12.5 Å². The average Bonchev–Trinajstić information content (AvgIpc) is 1.89. The Hall–Kier alpha value is -0.300. The van der Waals surface area contributed by atoms with Crippen LogP contribution in [0.3, 0.4) is 0 Å². The fraction of sp³-hybridized carbons (Fsp3) is 0.750. The first-order valence-corrected chi connectivity index (χ1v) is 3.62. The van der Waals surface area contributed by atoms with Gasteiger partial charge in [-0.05, 0) is 26.2 Å². The summed E-state index contributed by atoms with van der Waals surface area (Å²) < 4.78 is 0. The molecule has 0 heterocycles. The Morgan fingerprint density at radius 1 is 1.78 bits per heavy atom.